The summed E-state index contributed by atoms with van der Waals surface area (Å²) in [5.74, 6) is -1.48. The van der Waals surface area contributed by atoms with E-state index in [9.17, 15) is 18.7 Å². The van der Waals surface area contributed by atoms with Crippen LogP contribution >= 0.6 is 11.8 Å². The average Bonchev–Trinajstić information content (AvgIpc) is 3.17. The molecule has 0 heterocycles. The number of carboxylic acids is 1. The summed E-state index contributed by atoms with van der Waals surface area (Å²) in [5.41, 5.74) is -1.02. The van der Waals surface area contributed by atoms with Crippen molar-refractivity contribution in [3.8, 4) is 0 Å². The van der Waals surface area contributed by atoms with Crippen LogP contribution in [0.25, 0.3) is 0 Å². The number of benzene rings is 1. The number of carboxylic acid groups (broad SMARTS) is 1. The third-order valence-corrected chi connectivity index (χ3v) is 4.36. The Bertz CT molecular complexity index is 508. The lowest BCUT2D eigenvalue weighted by atomic mass is 9.99. The van der Waals surface area contributed by atoms with Gasteiger partial charge in [-0.3, -0.25) is 10.1 Å². The second-order valence-electron chi connectivity index (χ2n) is 5.23. The van der Waals surface area contributed by atoms with E-state index in [-0.39, 0.29) is 10.9 Å². The normalized spacial score (nSPS) is 17.8. The van der Waals surface area contributed by atoms with Crippen LogP contribution in [-0.4, -0.2) is 28.4 Å². The molecule has 1 aromatic carbocycles. The van der Waals surface area contributed by atoms with Gasteiger partial charge in [0.15, 0.2) is 0 Å². The fourth-order valence-electron chi connectivity index (χ4n) is 1.87. The SMILES string of the molecule is CC(CCSc1cc(F)ccc1F)(NC1CC1)C(=O)O. The standard InChI is InChI=1S/C14H17F2NO2S/c1-14(13(18)19,17-10-3-4-10)6-7-20-12-8-9(15)2-5-11(12)16/h2,5,8,10,17H,3-4,6-7H2,1H3,(H,18,19). The molecular formula is C14H17F2NO2S. The molecule has 0 saturated heterocycles. The lowest BCUT2D eigenvalue weighted by Crippen LogP contribution is -2.50. The van der Waals surface area contributed by atoms with E-state index in [2.05, 4.69) is 5.32 Å². The Balaban J connectivity index is 1.92. The molecule has 1 aromatic rings. The van der Waals surface area contributed by atoms with Gasteiger partial charge in [-0.1, -0.05) is 0 Å². The summed E-state index contributed by atoms with van der Waals surface area (Å²) < 4.78 is 26.5. The van der Waals surface area contributed by atoms with E-state index in [4.69, 9.17) is 0 Å². The fraction of sp³-hybridized carbons (Fsp3) is 0.500. The van der Waals surface area contributed by atoms with Crippen LogP contribution < -0.4 is 5.32 Å². The number of thioether (sulfide) groups is 1. The number of hydrogen-bond donors (Lipinski definition) is 2. The maximum atomic E-state index is 13.4. The minimum atomic E-state index is -1.02. The highest BCUT2D eigenvalue weighted by Gasteiger charge is 2.38. The Hall–Kier alpha value is -1.14. The molecule has 0 aliphatic heterocycles. The molecule has 20 heavy (non-hydrogen) atoms. The summed E-state index contributed by atoms with van der Waals surface area (Å²) >= 11 is 1.13. The van der Waals surface area contributed by atoms with Crippen LogP contribution in [0.3, 0.4) is 0 Å². The Morgan fingerprint density at radius 2 is 2.20 bits per heavy atom. The van der Waals surface area contributed by atoms with Crippen molar-refractivity contribution in [1.29, 1.82) is 0 Å². The molecule has 2 N–H and O–H groups in total. The molecule has 3 nitrogen and oxygen atoms in total. The molecule has 1 saturated carbocycles. The minimum Gasteiger partial charge on any atom is -0.480 e. The van der Waals surface area contributed by atoms with E-state index in [1.165, 1.54) is 0 Å². The monoisotopic (exact) mass is 301 g/mol. The maximum absolute atomic E-state index is 13.4. The highest BCUT2D eigenvalue weighted by Crippen LogP contribution is 2.28. The van der Waals surface area contributed by atoms with Gasteiger partial charge in [0.1, 0.15) is 17.2 Å². The number of rotatable bonds is 7. The van der Waals surface area contributed by atoms with Crippen LogP contribution in [0.5, 0.6) is 0 Å². The van der Waals surface area contributed by atoms with Gasteiger partial charge >= 0.3 is 5.97 Å². The average molecular weight is 301 g/mol. The van der Waals surface area contributed by atoms with Crippen LogP contribution in [0.15, 0.2) is 23.1 Å². The number of aliphatic carboxylic acids is 1. The summed E-state index contributed by atoms with van der Waals surface area (Å²) in [4.78, 5) is 11.6. The van der Waals surface area contributed by atoms with E-state index < -0.39 is 23.1 Å². The van der Waals surface area contributed by atoms with Crippen molar-refractivity contribution in [1.82, 2.24) is 5.32 Å². The van der Waals surface area contributed by atoms with E-state index in [0.717, 1.165) is 42.8 Å². The summed E-state index contributed by atoms with van der Waals surface area (Å²) in [6.07, 6.45) is 2.34. The van der Waals surface area contributed by atoms with Crippen molar-refractivity contribution in [2.45, 2.75) is 42.7 Å². The van der Waals surface area contributed by atoms with Crippen LogP contribution in [-0.2, 0) is 4.79 Å². The number of halogens is 2. The van der Waals surface area contributed by atoms with Crippen LogP contribution in [0, 0.1) is 11.6 Å². The Morgan fingerprint density at radius 1 is 1.50 bits per heavy atom. The van der Waals surface area contributed by atoms with Crippen molar-refractivity contribution >= 4 is 17.7 Å². The first kappa shape index (κ1) is 15.3. The van der Waals surface area contributed by atoms with Gasteiger partial charge in [-0.15, -0.1) is 11.8 Å². The Kier molecular flexibility index (Phi) is 4.65. The molecule has 1 aliphatic rings. The third-order valence-electron chi connectivity index (χ3n) is 3.32. The van der Waals surface area contributed by atoms with E-state index >= 15 is 0 Å². The molecule has 1 fully saturated rings. The second-order valence-corrected chi connectivity index (χ2v) is 6.37. The molecule has 0 bridgehead atoms. The number of carbonyl (C=O) groups is 1. The molecule has 0 amide bonds. The molecular weight excluding hydrogens is 284 g/mol. The van der Waals surface area contributed by atoms with Gasteiger partial charge < -0.3 is 5.11 Å². The first-order chi connectivity index (χ1) is 9.40. The zero-order valence-electron chi connectivity index (χ0n) is 11.2. The molecule has 0 spiro atoms. The van der Waals surface area contributed by atoms with E-state index in [1.807, 2.05) is 0 Å². The highest BCUT2D eigenvalue weighted by atomic mass is 32.2. The van der Waals surface area contributed by atoms with Crippen molar-refractivity contribution in [2.75, 3.05) is 5.75 Å². The van der Waals surface area contributed by atoms with E-state index in [0.29, 0.717) is 12.2 Å². The zero-order chi connectivity index (χ0) is 14.8. The zero-order valence-corrected chi connectivity index (χ0v) is 12.0. The fourth-order valence-corrected chi connectivity index (χ4v) is 3.00. The van der Waals surface area contributed by atoms with Crippen molar-refractivity contribution in [2.24, 2.45) is 0 Å². The number of nitrogens with one attached hydrogen (secondary N) is 1. The van der Waals surface area contributed by atoms with Crippen molar-refractivity contribution in [3.05, 3.63) is 29.8 Å². The Labute approximate surface area is 120 Å². The first-order valence-electron chi connectivity index (χ1n) is 6.50. The van der Waals surface area contributed by atoms with Crippen molar-refractivity contribution in [3.63, 3.8) is 0 Å². The van der Waals surface area contributed by atoms with Gasteiger partial charge in [0.05, 0.1) is 0 Å². The molecule has 0 aromatic heterocycles. The lowest BCUT2D eigenvalue weighted by Gasteiger charge is -2.26. The van der Waals surface area contributed by atoms with Crippen LogP contribution in [0.4, 0.5) is 8.78 Å². The molecule has 1 atom stereocenters. The maximum Gasteiger partial charge on any atom is 0.323 e. The Morgan fingerprint density at radius 3 is 2.80 bits per heavy atom. The van der Waals surface area contributed by atoms with Gasteiger partial charge in [0.25, 0.3) is 0 Å². The summed E-state index contributed by atoms with van der Waals surface area (Å²) in [6.45, 7) is 1.64. The van der Waals surface area contributed by atoms with E-state index in [1.54, 1.807) is 6.92 Å². The first-order valence-corrected chi connectivity index (χ1v) is 7.48. The summed E-state index contributed by atoms with van der Waals surface area (Å²) in [5, 5.41) is 12.4. The molecule has 0 radical (unpaired) electrons. The van der Waals surface area contributed by atoms with Gasteiger partial charge in [-0.25, -0.2) is 8.78 Å². The third kappa shape index (κ3) is 3.93. The molecule has 110 valence electrons. The molecule has 2 rings (SSSR count). The van der Waals surface area contributed by atoms with Gasteiger partial charge in [-0.2, -0.15) is 0 Å². The largest absolute Gasteiger partial charge is 0.480 e. The van der Waals surface area contributed by atoms with Gasteiger partial charge in [0, 0.05) is 16.7 Å². The van der Waals surface area contributed by atoms with Gasteiger partial charge in [-0.05, 0) is 44.4 Å². The smallest absolute Gasteiger partial charge is 0.323 e. The topological polar surface area (TPSA) is 49.3 Å². The predicted octanol–water partition coefficient (Wildman–Crippen LogP) is 3.04. The van der Waals surface area contributed by atoms with Gasteiger partial charge in [0.2, 0.25) is 0 Å². The van der Waals surface area contributed by atoms with Crippen LogP contribution in [0.2, 0.25) is 0 Å². The minimum absolute atomic E-state index is 0.212. The number of hydrogen-bond acceptors (Lipinski definition) is 3. The predicted molar refractivity (Wildman–Crippen MR) is 73.9 cm³/mol. The van der Waals surface area contributed by atoms with Crippen molar-refractivity contribution < 1.29 is 18.7 Å². The lowest BCUT2D eigenvalue weighted by molar-refractivity contribution is -0.144. The molecule has 6 heteroatoms. The molecule has 1 aliphatic carbocycles. The highest BCUT2D eigenvalue weighted by molar-refractivity contribution is 7.99. The summed E-state index contributed by atoms with van der Waals surface area (Å²) in [7, 11) is 0. The summed E-state index contributed by atoms with van der Waals surface area (Å²) in [6, 6.07) is 3.55. The second kappa shape index (κ2) is 6.10. The molecule has 1 unspecified atom stereocenters. The van der Waals surface area contributed by atoms with Crippen LogP contribution in [0.1, 0.15) is 26.2 Å². The quantitative estimate of drug-likeness (QED) is 0.760.